The number of carbonyl (C=O) groups excluding carboxylic acids is 1. The number of aryl methyl sites for hydroxylation is 1. The molecule has 0 radical (unpaired) electrons. The number of sulfonamides is 1. The Bertz CT molecular complexity index is 582. The molecule has 7 heteroatoms. The molecule has 4 N–H and O–H groups in total. The maximum Gasteiger partial charge on any atom is 0.238 e. The molecule has 6 nitrogen and oxygen atoms in total. The Balaban J connectivity index is 3.07. The van der Waals surface area contributed by atoms with E-state index in [0.717, 1.165) is 11.1 Å². The predicted molar refractivity (Wildman–Crippen MR) is 74.5 cm³/mol. The molecule has 0 saturated heterocycles. The summed E-state index contributed by atoms with van der Waals surface area (Å²) in [5, 5.41) is 10.7. The van der Waals surface area contributed by atoms with E-state index in [4.69, 9.17) is 5.14 Å². The summed E-state index contributed by atoms with van der Waals surface area (Å²) < 4.78 is 22.7. The lowest BCUT2D eigenvalue weighted by Crippen LogP contribution is -2.28. The molecule has 0 saturated carbocycles. The summed E-state index contributed by atoms with van der Waals surface area (Å²) in [7, 11) is -3.78. The van der Waals surface area contributed by atoms with Crippen molar-refractivity contribution in [3.05, 3.63) is 23.3 Å². The molecular formula is C12H19N3O3S. The van der Waals surface area contributed by atoms with E-state index < -0.39 is 10.0 Å². The molecule has 0 aliphatic rings. The largest absolute Gasteiger partial charge is 0.325 e. The van der Waals surface area contributed by atoms with Gasteiger partial charge in [-0.2, -0.15) is 0 Å². The van der Waals surface area contributed by atoms with E-state index in [0.29, 0.717) is 12.2 Å². The first-order valence-electron chi connectivity index (χ1n) is 5.90. The minimum Gasteiger partial charge on any atom is -0.325 e. The lowest BCUT2D eigenvalue weighted by molar-refractivity contribution is -0.115. The van der Waals surface area contributed by atoms with Crippen LogP contribution in [-0.2, 0) is 14.8 Å². The minimum absolute atomic E-state index is 0.00523. The number of hydrogen-bond acceptors (Lipinski definition) is 4. The molecule has 1 aromatic carbocycles. The second kappa shape index (κ2) is 6.14. The van der Waals surface area contributed by atoms with Gasteiger partial charge in [0, 0.05) is 5.69 Å². The SMILES string of the molecule is CCNCC(=O)Nc1cc(S(N)(=O)=O)cc(C)c1C. The smallest absolute Gasteiger partial charge is 0.238 e. The molecule has 0 unspecified atom stereocenters. The Hall–Kier alpha value is -1.44. The van der Waals surface area contributed by atoms with Crippen LogP contribution in [0.3, 0.4) is 0 Å². The van der Waals surface area contributed by atoms with E-state index in [1.807, 2.05) is 13.8 Å². The molecule has 0 atom stereocenters. The van der Waals surface area contributed by atoms with E-state index in [2.05, 4.69) is 10.6 Å². The van der Waals surface area contributed by atoms with Crippen LogP contribution in [-0.4, -0.2) is 27.4 Å². The fourth-order valence-electron chi connectivity index (χ4n) is 1.55. The van der Waals surface area contributed by atoms with Crippen LogP contribution < -0.4 is 15.8 Å². The van der Waals surface area contributed by atoms with Crippen LogP contribution in [0.1, 0.15) is 18.1 Å². The lowest BCUT2D eigenvalue weighted by Gasteiger charge is -2.12. The van der Waals surface area contributed by atoms with Crippen LogP contribution in [0.4, 0.5) is 5.69 Å². The first-order chi connectivity index (χ1) is 8.75. The summed E-state index contributed by atoms with van der Waals surface area (Å²) in [5.74, 6) is -0.226. The van der Waals surface area contributed by atoms with Crippen molar-refractivity contribution in [2.45, 2.75) is 25.7 Å². The third-order valence-electron chi connectivity index (χ3n) is 2.78. The van der Waals surface area contributed by atoms with Crippen molar-refractivity contribution < 1.29 is 13.2 Å². The van der Waals surface area contributed by atoms with E-state index >= 15 is 0 Å². The molecule has 0 aliphatic heterocycles. The van der Waals surface area contributed by atoms with Crippen molar-refractivity contribution in [1.29, 1.82) is 0 Å². The number of likely N-dealkylation sites (N-methyl/N-ethyl adjacent to an activating group) is 1. The third kappa shape index (κ3) is 4.30. The first-order valence-corrected chi connectivity index (χ1v) is 7.45. The van der Waals surface area contributed by atoms with E-state index in [1.165, 1.54) is 12.1 Å². The predicted octanol–water partition coefficient (Wildman–Crippen LogP) is 0.499. The molecule has 1 aromatic rings. The summed E-state index contributed by atoms with van der Waals surface area (Å²) in [6.07, 6.45) is 0. The van der Waals surface area contributed by atoms with Crippen molar-refractivity contribution >= 4 is 21.6 Å². The van der Waals surface area contributed by atoms with Gasteiger partial charge in [-0.25, -0.2) is 13.6 Å². The number of amides is 1. The second-order valence-electron chi connectivity index (χ2n) is 4.29. The molecule has 0 bridgehead atoms. The number of primary sulfonamides is 1. The van der Waals surface area contributed by atoms with Gasteiger partial charge in [0.05, 0.1) is 11.4 Å². The summed E-state index contributed by atoms with van der Waals surface area (Å²) in [6, 6.07) is 2.87. The van der Waals surface area contributed by atoms with E-state index in [1.54, 1.807) is 6.92 Å². The molecule has 0 spiro atoms. The highest BCUT2D eigenvalue weighted by Gasteiger charge is 2.13. The van der Waals surface area contributed by atoms with Gasteiger partial charge < -0.3 is 10.6 Å². The van der Waals surface area contributed by atoms with Crippen molar-refractivity contribution in [2.75, 3.05) is 18.4 Å². The van der Waals surface area contributed by atoms with Crippen molar-refractivity contribution in [2.24, 2.45) is 5.14 Å². The zero-order chi connectivity index (χ0) is 14.6. The maximum absolute atomic E-state index is 11.6. The molecule has 0 aromatic heterocycles. The van der Waals surface area contributed by atoms with Crippen LogP contribution in [0.25, 0.3) is 0 Å². The van der Waals surface area contributed by atoms with Gasteiger partial charge in [0.15, 0.2) is 0 Å². The van der Waals surface area contributed by atoms with Gasteiger partial charge in [0.2, 0.25) is 15.9 Å². The number of hydrogen-bond donors (Lipinski definition) is 3. The highest BCUT2D eigenvalue weighted by Crippen LogP contribution is 2.23. The molecule has 0 fully saturated rings. The molecule has 1 amide bonds. The molecule has 19 heavy (non-hydrogen) atoms. The van der Waals surface area contributed by atoms with Crippen LogP contribution >= 0.6 is 0 Å². The molecular weight excluding hydrogens is 266 g/mol. The lowest BCUT2D eigenvalue weighted by atomic mass is 10.1. The fourth-order valence-corrected chi connectivity index (χ4v) is 2.18. The Morgan fingerprint density at radius 1 is 1.32 bits per heavy atom. The van der Waals surface area contributed by atoms with Crippen LogP contribution in [0.5, 0.6) is 0 Å². The van der Waals surface area contributed by atoms with Gasteiger partial charge in [0.25, 0.3) is 0 Å². The quantitative estimate of drug-likeness (QED) is 0.733. The van der Waals surface area contributed by atoms with Gasteiger partial charge in [-0.3, -0.25) is 4.79 Å². The Morgan fingerprint density at radius 3 is 2.47 bits per heavy atom. The Kier molecular flexibility index (Phi) is 5.04. The summed E-state index contributed by atoms with van der Waals surface area (Å²) in [5.41, 5.74) is 2.04. The Morgan fingerprint density at radius 2 is 1.95 bits per heavy atom. The minimum atomic E-state index is -3.78. The van der Waals surface area contributed by atoms with Gasteiger partial charge in [0.1, 0.15) is 0 Å². The fraction of sp³-hybridized carbons (Fsp3) is 0.417. The number of nitrogens with one attached hydrogen (secondary N) is 2. The second-order valence-corrected chi connectivity index (χ2v) is 5.85. The monoisotopic (exact) mass is 285 g/mol. The average molecular weight is 285 g/mol. The molecule has 0 aliphatic carbocycles. The maximum atomic E-state index is 11.6. The normalized spacial score (nSPS) is 11.4. The first kappa shape index (κ1) is 15.6. The zero-order valence-corrected chi connectivity index (χ0v) is 12.1. The van der Waals surface area contributed by atoms with Crippen molar-refractivity contribution in [3.63, 3.8) is 0 Å². The Labute approximate surface area is 113 Å². The number of rotatable bonds is 5. The highest BCUT2D eigenvalue weighted by molar-refractivity contribution is 7.89. The average Bonchev–Trinajstić information content (AvgIpc) is 2.30. The van der Waals surface area contributed by atoms with Crippen LogP contribution in [0, 0.1) is 13.8 Å². The summed E-state index contributed by atoms with van der Waals surface area (Å²) in [6.45, 7) is 6.33. The van der Waals surface area contributed by atoms with E-state index in [9.17, 15) is 13.2 Å². The van der Waals surface area contributed by atoms with Gasteiger partial charge in [-0.05, 0) is 43.7 Å². The highest BCUT2D eigenvalue weighted by atomic mass is 32.2. The number of benzene rings is 1. The van der Waals surface area contributed by atoms with Gasteiger partial charge >= 0.3 is 0 Å². The number of carbonyl (C=O) groups is 1. The number of anilines is 1. The molecule has 1 rings (SSSR count). The van der Waals surface area contributed by atoms with Crippen molar-refractivity contribution in [1.82, 2.24) is 5.32 Å². The summed E-state index contributed by atoms with van der Waals surface area (Å²) >= 11 is 0. The van der Waals surface area contributed by atoms with Crippen LogP contribution in [0.2, 0.25) is 0 Å². The van der Waals surface area contributed by atoms with Gasteiger partial charge in [-0.15, -0.1) is 0 Å². The molecule has 0 heterocycles. The molecule has 106 valence electrons. The summed E-state index contributed by atoms with van der Waals surface area (Å²) in [4.78, 5) is 11.6. The number of nitrogens with two attached hydrogens (primary N) is 1. The standard InChI is InChI=1S/C12H19N3O3S/c1-4-14-7-12(16)15-11-6-10(19(13,17)18)5-8(2)9(11)3/h5-6,14H,4,7H2,1-3H3,(H,15,16)(H2,13,17,18). The van der Waals surface area contributed by atoms with Crippen LogP contribution in [0.15, 0.2) is 17.0 Å². The topological polar surface area (TPSA) is 101 Å². The third-order valence-corrected chi connectivity index (χ3v) is 3.67. The zero-order valence-electron chi connectivity index (χ0n) is 11.3. The van der Waals surface area contributed by atoms with Crippen molar-refractivity contribution in [3.8, 4) is 0 Å². The van der Waals surface area contributed by atoms with E-state index in [-0.39, 0.29) is 17.3 Å². The van der Waals surface area contributed by atoms with Gasteiger partial charge in [-0.1, -0.05) is 6.92 Å².